The van der Waals surface area contributed by atoms with Crippen molar-refractivity contribution in [3.63, 3.8) is 0 Å². The molecule has 118 valence electrons. The van der Waals surface area contributed by atoms with Crippen molar-refractivity contribution in [2.24, 2.45) is 0 Å². The lowest BCUT2D eigenvalue weighted by Gasteiger charge is -2.16. The van der Waals surface area contributed by atoms with Gasteiger partial charge in [-0.25, -0.2) is 0 Å². The largest absolute Gasteiger partial charge is 0.493 e. The molecule has 0 fully saturated rings. The fourth-order valence-corrected chi connectivity index (χ4v) is 2.50. The van der Waals surface area contributed by atoms with E-state index in [-0.39, 0.29) is 0 Å². The molecule has 2 N–H and O–H groups in total. The summed E-state index contributed by atoms with van der Waals surface area (Å²) < 4.78 is 10.6. The van der Waals surface area contributed by atoms with Gasteiger partial charge in [-0.15, -0.1) is 0 Å². The van der Waals surface area contributed by atoms with Crippen LogP contribution in [0.15, 0.2) is 42.5 Å². The number of nitrogens with one attached hydrogen (secondary N) is 1. The Morgan fingerprint density at radius 3 is 2.50 bits per heavy atom. The van der Waals surface area contributed by atoms with Gasteiger partial charge in [0.1, 0.15) is 0 Å². The minimum Gasteiger partial charge on any atom is -0.493 e. The summed E-state index contributed by atoms with van der Waals surface area (Å²) in [4.78, 5) is 0. The minimum absolute atomic E-state index is 0.433. The van der Waals surface area contributed by atoms with Crippen LogP contribution in [-0.4, -0.2) is 25.9 Å². The summed E-state index contributed by atoms with van der Waals surface area (Å²) in [6.45, 7) is 0.950. The van der Waals surface area contributed by atoms with Crippen molar-refractivity contribution in [1.82, 2.24) is 5.32 Å². The molecule has 0 aliphatic heterocycles. The van der Waals surface area contributed by atoms with Crippen molar-refractivity contribution in [3.05, 3.63) is 58.6 Å². The van der Waals surface area contributed by atoms with Gasteiger partial charge in [-0.05, 0) is 11.6 Å². The second kappa shape index (κ2) is 8.03. The fraction of sp³-hybridized carbons (Fsp3) is 0.294. The van der Waals surface area contributed by atoms with Crippen LogP contribution in [0.2, 0.25) is 5.02 Å². The Morgan fingerprint density at radius 2 is 1.86 bits per heavy atom. The van der Waals surface area contributed by atoms with Crippen molar-refractivity contribution in [2.45, 2.75) is 12.6 Å². The van der Waals surface area contributed by atoms with E-state index >= 15 is 0 Å². The highest BCUT2D eigenvalue weighted by Gasteiger charge is 2.12. The SMILES string of the molecule is COc1cc(Cl)cc(CNC[C@@H](O)c2ccccc2)c1OC. The number of aliphatic hydroxyl groups is 1. The molecule has 0 unspecified atom stereocenters. The lowest BCUT2D eigenvalue weighted by Crippen LogP contribution is -2.21. The number of aliphatic hydroxyl groups excluding tert-OH is 1. The predicted molar refractivity (Wildman–Crippen MR) is 87.7 cm³/mol. The molecule has 2 aromatic rings. The second-order valence-corrected chi connectivity index (χ2v) is 5.29. The molecule has 0 aliphatic rings. The van der Waals surface area contributed by atoms with Crippen LogP contribution in [-0.2, 0) is 6.54 Å². The maximum Gasteiger partial charge on any atom is 0.165 e. The molecule has 0 aliphatic carbocycles. The summed E-state index contributed by atoms with van der Waals surface area (Å²) in [5.74, 6) is 1.24. The van der Waals surface area contributed by atoms with Crippen LogP contribution >= 0.6 is 11.6 Å². The van der Waals surface area contributed by atoms with Gasteiger partial charge in [0.05, 0.1) is 20.3 Å². The van der Waals surface area contributed by atoms with Gasteiger partial charge >= 0.3 is 0 Å². The summed E-state index contributed by atoms with van der Waals surface area (Å²) in [6.07, 6.45) is -0.562. The molecule has 0 spiro atoms. The van der Waals surface area contributed by atoms with Crippen molar-refractivity contribution >= 4 is 11.6 Å². The smallest absolute Gasteiger partial charge is 0.165 e. The first-order valence-corrected chi connectivity index (χ1v) is 7.37. The zero-order chi connectivity index (χ0) is 15.9. The Labute approximate surface area is 135 Å². The first-order chi connectivity index (χ1) is 10.7. The van der Waals surface area contributed by atoms with Gasteiger partial charge < -0.3 is 19.9 Å². The molecule has 0 aromatic heterocycles. The minimum atomic E-state index is -0.562. The van der Waals surface area contributed by atoms with E-state index in [4.69, 9.17) is 21.1 Å². The molecule has 5 heteroatoms. The molecule has 2 aromatic carbocycles. The highest BCUT2D eigenvalue weighted by atomic mass is 35.5. The normalized spacial score (nSPS) is 12.0. The molecule has 4 nitrogen and oxygen atoms in total. The third kappa shape index (κ3) is 4.13. The lowest BCUT2D eigenvalue weighted by atomic mass is 10.1. The van der Waals surface area contributed by atoms with Crippen LogP contribution in [0.5, 0.6) is 11.5 Å². The number of benzene rings is 2. The van der Waals surface area contributed by atoms with Gasteiger partial charge in [0.25, 0.3) is 0 Å². The maximum absolute atomic E-state index is 10.1. The topological polar surface area (TPSA) is 50.7 Å². The summed E-state index contributed by atoms with van der Waals surface area (Å²) in [6, 6.07) is 13.1. The highest BCUT2D eigenvalue weighted by Crippen LogP contribution is 2.34. The molecule has 0 saturated heterocycles. The van der Waals surface area contributed by atoms with Gasteiger partial charge in [-0.2, -0.15) is 0 Å². The van der Waals surface area contributed by atoms with Crippen LogP contribution in [0.25, 0.3) is 0 Å². The van der Waals surface area contributed by atoms with E-state index in [0.717, 1.165) is 11.1 Å². The molecule has 0 saturated carbocycles. The number of rotatable bonds is 7. The van der Waals surface area contributed by atoms with E-state index in [1.54, 1.807) is 20.3 Å². The van der Waals surface area contributed by atoms with Crippen molar-refractivity contribution < 1.29 is 14.6 Å². The first kappa shape index (κ1) is 16.6. The van der Waals surface area contributed by atoms with E-state index < -0.39 is 6.10 Å². The van der Waals surface area contributed by atoms with E-state index in [1.165, 1.54) is 0 Å². The van der Waals surface area contributed by atoms with E-state index in [1.807, 2.05) is 36.4 Å². The van der Waals surface area contributed by atoms with Gasteiger partial charge in [0, 0.05) is 29.7 Å². The van der Waals surface area contributed by atoms with Gasteiger partial charge in [-0.1, -0.05) is 41.9 Å². The van der Waals surface area contributed by atoms with Crippen molar-refractivity contribution in [1.29, 1.82) is 0 Å². The first-order valence-electron chi connectivity index (χ1n) is 6.99. The number of hydrogen-bond donors (Lipinski definition) is 2. The predicted octanol–water partition coefficient (Wildman–Crippen LogP) is 3.18. The summed E-state index contributed by atoms with van der Waals surface area (Å²) in [5.41, 5.74) is 1.76. The van der Waals surface area contributed by atoms with E-state index in [9.17, 15) is 5.11 Å². The Morgan fingerprint density at radius 1 is 1.14 bits per heavy atom. The third-order valence-electron chi connectivity index (χ3n) is 3.36. The van der Waals surface area contributed by atoms with Gasteiger partial charge in [0.15, 0.2) is 11.5 Å². The van der Waals surface area contributed by atoms with Crippen molar-refractivity contribution in [3.8, 4) is 11.5 Å². The van der Waals surface area contributed by atoms with Crippen LogP contribution < -0.4 is 14.8 Å². The maximum atomic E-state index is 10.1. The molecule has 0 heterocycles. The standard InChI is InChI=1S/C17H20ClNO3/c1-21-16-9-14(18)8-13(17(16)22-2)10-19-11-15(20)12-6-4-3-5-7-12/h3-9,15,19-20H,10-11H2,1-2H3/t15-/m1/s1. The summed E-state index contributed by atoms with van der Waals surface area (Å²) in [7, 11) is 3.17. The summed E-state index contributed by atoms with van der Waals surface area (Å²) in [5, 5.41) is 13.9. The zero-order valence-corrected chi connectivity index (χ0v) is 13.4. The Bertz CT molecular complexity index is 604. The zero-order valence-electron chi connectivity index (χ0n) is 12.7. The monoisotopic (exact) mass is 321 g/mol. The Hall–Kier alpha value is -1.75. The Balaban J connectivity index is 2.01. The average molecular weight is 322 g/mol. The van der Waals surface area contributed by atoms with Crippen LogP contribution in [0.1, 0.15) is 17.2 Å². The number of hydrogen-bond acceptors (Lipinski definition) is 4. The van der Waals surface area contributed by atoms with E-state index in [2.05, 4.69) is 5.32 Å². The number of methoxy groups -OCH3 is 2. The molecule has 22 heavy (non-hydrogen) atoms. The van der Waals surface area contributed by atoms with E-state index in [0.29, 0.717) is 29.6 Å². The average Bonchev–Trinajstić information content (AvgIpc) is 2.55. The molecule has 0 radical (unpaired) electrons. The molecular weight excluding hydrogens is 302 g/mol. The van der Waals surface area contributed by atoms with Crippen LogP contribution in [0, 0.1) is 0 Å². The Kier molecular flexibility index (Phi) is 6.07. The quantitative estimate of drug-likeness (QED) is 0.822. The van der Waals surface area contributed by atoms with Crippen LogP contribution in [0.4, 0.5) is 0 Å². The lowest BCUT2D eigenvalue weighted by molar-refractivity contribution is 0.174. The van der Waals surface area contributed by atoms with Crippen molar-refractivity contribution in [2.75, 3.05) is 20.8 Å². The number of ether oxygens (including phenoxy) is 2. The third-order valence-corrected chi connectivity index (χ3v) is 3.58. The second-order valence-electron chi connectivity index (χ2n) is 4.86. The summed E-state index contributed by atoms with van der Waals surface area (Å²) >= 11 is 6.08. The molecule has 0 amide bonds. The molecule has 0 bridgehead atoms. The molecule has 1 atom stereocenters. The fourth-order valence-electron chi connectivity index (χ4n) is 2.27. The highest BCUT2D eigenvalue weighted by molar-refractivity contribution is 6.30. The molecular formula is C17H20ClNO3. The van der Waals surface area contributed by atoms with Gasteiger partial charge in [0.2, 0.25) is 0 Å². The number of halogens is 1. The molecule has 2 rings (SSSR count). The van der Waals surface area contributed by atoms with Gasteiger partial charge in [-0.3, -0.25) is 0 Å². The van der Waals surface area contributed by atoms with Crippen LogP contribution in [0.3, 0.4) is 0 Å².